The Kier molecular flexibility index (Phi) is 8.11. The minimum atomic E-state index is -0.643. The Labute approximate surface area is 190 Å². The predicted octanol–water partition coefficient (Wildman–Crippen LogP) is 3.37. The van der Waals surface area contributed by atoms with Gasteiger partial charge in [0.2, 0.25) is 5.91 Å². The number of ether oxygens (including phenoxy) is 1. The van der Waals surface area contributed by atoms with Gasteiger partial charge in [0, 0.05) is 39.5 Å². The second-order valence-corrected chi connectivity index (χ2v) is 8.59. The molecule has 0 saturated carbocycles. The summed E-state index contributed by atoms with van der Waals surface area (Å²) in [6.07, 6.45) is 2.14. The lowest BCUT2D eigenvalue weighted by atomic mass is 9.98. The number of amides is 3. The topological polar surface area (TPSA) is 87.9 Å². The number of carbonyl (C=O) groups excluding carboxylic acids is 2. The van der Waals surface area contributed by atoms with Crippen molar-refractivity contribution in [3.8, 4) is 0 Å². The van der Waals surface area contributed by atoms with Crippen LogP contribution in [0.2, 0.25) is 0 Å². The molecule has 3 amide bonds. The van der Waals surface area contributed by atoms with E-state index in [2.05, 4.69) is 17.4 Å². The highest BCUT2D eigenvalue weighted by molar-refractivity contribution is 5.79. The first-order valence-electron chi connectivity index (χ1n) is 11.1. The smallest absolute Gasteiger partial charge is 0.312 e. The van der Waals surface area contributed by atoms with Crippen molar-refractivity contribution in [2.24, 2.45) is 5.73 Å². The van der Waals surface area contributed by atoms with Gasteiger partial charge in [0.05, 0.1) is 18.6 Å². The molecule has 1 heterocycles. The van der Waals surface area contributed by atoms with Crippen LogP contribution in [0, 0.1) is 6.92 Å². The van der Waals surface area contributed by atoms with E-state index in [0.29, 0.717) is 13.1 Å². The van der Waals surface area contributed by atoms with E-state index < -0.39 is 12.1 Å². The number of nitrogens with one attached hydrogen (secondary N) is 1. The first-order valence-corrected chi connectivity index (χ1v) is 11.1. The van der Waals surface area contributed by atoms with Crippen molar-refractivity contribution in [1.29, 1.82) is 0 Å². The van der Waals surface area contributed by atoms with Crippen LogP contribution in [0.25, 0.3) is 0 Å². The molecule has 7 nitrogen and oxygen atoms in total. The molecular formula is C25H34N4O3. The Morgan fingerprint density at radius 2 is 1.88 bits per heavy atom. The number of nitrogens with zero attached hydrogens (tertiary/aromatic N) is 2. The molecule has 3 N–H and O–H groups in total. The van der Waals surface area contributed by atoms with Gasteiger partial charge >= 0.3 is 6.03 Å². The number of carbonyl (C=O) groups is 2. The summed E-state index contributed by atoms with van der Waals surface area (Å²) in [6.45, 7) is 3.72. The number of urea groups is 1. The van der Waals surface area contributed by atoms with Crippen molar-refractivity contribution >= 4 is 17.6 Å². The largest absolute Gasteiger partial charge is 0.378 e. The quantitative estimate of drug-likeness (QED) is 0.628. The molecule has 0 aliphatic carbocycles. The van der Waals surface area contributed by atoms with Gasteiger partial charge in [-0.3, -0.25) is 4.79 Å². The molecule has 3 rings (SSSR count). The van der Waals surface area contributed by atoms with Gasteiger partial charge in [-0.25, -0.2) is 4.79 Å². The fraction of sp³-hybridized carbons (Fsp3) is 0.440. The molecule has 0 bridgehead atoms. The Balaban J connectivity index is 1.79. The highest BCUT2D eigenvalue weighted by Crippen LogP contribution is 2.24. The zero-order valence-corrected chi connectivity index (χ0v) is 19.2. The molecule has 2 aromatic rings. The molecule has 172 valence electrons. The Morgan fingerprint density at radius 1 is 1.16 bits per heavy atom. The number of nitrogens with two attached hydrogens (primary N) is 1. The second-order valence-electron chi connectivity index (χ2n) is 8.59. The van der Waals surface area contributed by atoms with Gasteiger partial charge in [-0.2, -0.15) is 0 Å². The lowest BCUT2D eigenvalue weighted by molar-refractivity contribution is -0.134. The lowest BCUT2D eigenvalue weighted by Crippen LogP contribution is -2.41. The van der Waals surface area contributed by atoms with E-state index in [1.165, 1.54) is 0 Å². The molecule has 1 aliphatic heterocycles. The van der Waals surface area contributed by atoms with Crippen molar-refractivity contribution in [3.05, 3.63) is 65.2 Å². The van der Waals surface area contributed by atoms with Gasteiger partial charge in [0.25, 0.3) is 0 Å². The molecule has 2 unspecified atom stereocenters. The SMILES string of the molecule is Cc1ccccc1C(CC(=O)N(Cc1ccc(N(C)C)cc1)CC1CCCO1)NC(N)=O. The monoisotopic (exact) mass is 438 g/mol. The number of hydrogen-bond donors (Lipinski definition) is 2. The summed E-state index contributed by atoms with van der Waals surface area (Å²) < 4.78 is 5.80. The molecule has 7 heteroatoms. The normalized spacial score (nSPS) is 16.4. The third kappa shape index (κ3) is 6.47. The molecular weight excluding hydrogens is 404 g/mol. The summed E-state index contributed by atoms with van der Waals surface area (Å²) in [7, 11) is 4.00. The van der Waals surface area contributed by atoms with Gasteiger partial charge in [0.15, 0.2) is 0 Å². The summed E-state index contributed by atoms with van der Waals surface area (Å²) in [5.74, 6) is -0.0424. The van der Waals surface area contributed by atoms with Crippen LogP contribution in [0.1, 0.15) is 42.0 Å². The van der Waals surface area contributed by atoms with E-state index in [0.717, 1.165) is 41.8 Å². The first kappa shape index (κ1) is 23.6. The molecule has 2 aromatic carbocycles. The van der Waals surface area contributed by atoms with Gasteiger partial charge in [-0.15, -0.1) is 0 Å². The van der Waals surface area contributed by atoms with E-state index in [1.54, 1.807) is 0 Å². The average Bonchev–Trinajstić information content (AvgIpc) is 3.26. The van der Waals surface area contributed by atoms with Gasteiger partial charge in [-0.1, -0.05) is 36.4 Å². The summed E-state index contributed by atoms with van der Waals surface area (Å²) in [6, 6.07) is 14.8. The fourth-order valence-electron chi connectivity index (χ4n) is 4.10. The summed E-state index contributed by atoms with van der Waals surface area (Å²) in [5.41, 5.74) is 9.49. The number of benzene rings is 2. The van der Waals surface area contributed by atoms with E-state index in [1.807, 2.05) is 67.2 Å². The van der Waals surface area contributed by atoms with Crippen molar-refractivity contribution < 1.29 is 14.3 Å². The standard InChI is InChI=1S/C25H34N4O3/c1-18-7-4-5-9-22(18)23(27-25(26)31)15-24(30)29(17-21-8-6-14-32-21)16-19-10-12-20(13-11-19)28(2)3/h4-5,7,9-13,21,23H,6,8,14-17H2,1-3H3,(H3,26,27,31). The van der Waals surface area contributed by atoms with Crippen LogP contribution in [0.5, 0.6) is 0 Å². The molecule has 0 radical (unpaired) electrons. The van der Waals surface area contributed by atoms with E-state index in [9.17, 15) is 9.59 Å². The maximum atomic E-state index is 13.5. The van der Waals surface area contributed by atoms with E-state index >= 15 is 0 Å². The van der Waals surface area contributed by atoms with Crippen molar-refractivity contribution in [2.75, 3.05) is 32.1 Å². The summed E-state index contributed by atoms with van der Waals surface area (Å²) >= 11 is 0. The van der Waals surface area contributed by atoms with Crippen LogP contribution in [0.3, 0.4) is 0 Å². The molecule has 0 spiro atoms. The van der Waals surface area contributed by atoms with Crippen LogP contribution in [-0.4, -0.2) is 50.2 Å². The van der Waals surface area contributed by atoms with Gasteiger partial charge in [0.1, 0.15) is 0 Å². The van der Waals surface area contributed by atoms with Crippen LogP contribution < -0.4 is 16.0 Å². The minimum absolute atomic E-state index is 0.0424. The summed E-state index contributed by atoms with van der Waals surface area (Å²) in [5, 5.41) is 2.75. The van der Waals surface area contributed by atoms with E-state index in [-0.39, 0.29) is 18.4 Å². The van der Waals surface area contributed by atoms with Gasteiger partial charge in [-0.05, 0) is 48.6 Å². The summed E-state index contributed by atoms with van der Waals surface area (Å²) in [4.78, 5) is 29.0. The Hall–Kier alpha value is -3.06. The molecule has 1 aliphatic rings. The van der Waals surface area contributed by atoms with E-state index in [4.69, 9.17) is 10.5 Å². The molecule has 1 saturated heterocycles. The molecule has 2 atom stereocenters. The number of hydrogen-bond acceptors (Lipinski definition) is 4. The zero-order valence-electron chi connectivity index (χ0n) is 19.2. The zero-order chi connectivity index (χ0) is 23.1. The van der Waals surface area contributed by atoms with Crippen LogP contribution >= 0.6 is 0 Å². The number of rotatable bonds is 9. The van der Waals surface area contributed by atoms with Crippen LogP contribution in [0.15, 0.2) is 48.5 Å². The van der Waals surface area contributed by atoms with Crippen molar-refractivity contribution in [3.63, 3.8) is 0 Å². The third-order valence-electron chi connectivity index (χ3n) is 5.89. The van der Waals surface area contributed by atoms with Crippen molar-refractivity contribution in [1.82, 2.24) is 10.2 Å². The predicted molar refractivity (Wildman–Crippen MR) is 126 cm³/mol. The maximum absolute atomic E-state index is 13.5. The molecule has 0 aromatic heterocycles. The highest BCUT2D eigenvalue weighted by atomic mass is 16.5. The van der Waals surface area contributed by atoms with Crippen molar-refractivity contribution in [2.45, 2.75) is 44.9 Å². The Bertz CT molecular complexity index is 908. The maximum Gasteiger partial charge on any atom is 0.312 e. The number of anilines is 1. The van der Waals surface area contributed by atoms with Crippen LogP contribution in [-0.2, 0) is 16.1 Å². The number of primary amides is 1. The first-order chi connectivity index (χ1) is 15.3. The minimum Gasteiger partial charge on any atom is -0.378 e. The average molecular weight is 439 g/mol. The number of aryl methyl sites for hydroxylation is 1. The Morgan fingerprint density at radius 3 is 2.47 bits per heavy atom. The lowest BCUT2D eigenvalue weighted by Gasteiger charge is -2.28. The highest BCUT2D eigenvalue weighted by Gasteiger charge is 2.26. The molecule has 32 heavy (non-hydrogen) atoms. The fourth-order valence-corrected chi connectivity index (χ4v) is 4.10. The molecule has 1 fully saturated rings. The van der Waals surface area contributed by atoms with Crippen LogP contribution in [0.4, 0.5) is 10.5 Å². The second kappa shape index (κ2) is 11.0. The third-order valence-corrected chi connectivity index (χ3v) is 5.89. The van der Waals surface area contributed by atoms with Gasteiger partial charge < -0.3 is 25.6 Å².